The molecule has 0 aromatic heterocycles. The minimum atomic E-state index is -0.313. The molecule has 2 aliphatic heterocycles. The lowest BCUT2D eigenvalue weighted by molar-refractivity contribution is 0.414. The molecule has 0 aliphatic carbocycles. The number of hydrogen-bond acceptors (Lipinski definition) is 5. The number of nitrogens with one attached hydrogen (secondary N) is 3. The summed E-state index contributed by atoms with van der Waals surface area (Å²) < 4.78 is 0. The quantitative estimate of drug-likeness (QED) is 0.775. The number of aliphatic imine (C=N–C) groups is 1. The van der Waals surface area contributed by atoms with Crippen molar-refractivity contribution in [2.75, 3.05) is 18.1 Å². The number of hydrazine groups is 1. The summed E-state index contributed by atoms with van der Waals surface area (Å²) in [6, 6.07) is 10.2. The summed E-state index contributed by atoms with van der Waals surface area (Å²) in [4.78, 5) is 4.39. The van der Waals surface area contributed by atoms with Crippen LogP contribution in [0, 0.1) is 0 Å². The van der Waals surface area contributed by atoms with Crippen LogP contribution in [0.3, 0.4) is 0 Å². The van der Waals surface area contributed by atoms with Gasteiger partial charge in [-0.25, -0.2) is 5.43 Å². The van der Waals surface area contributed by atoms with Crippen molar-refractivity contribution in [2.24, 2.45) is 4.99 Å². The molecule has 3 rings (SSSR count). The van der Waals surface area contributed by atoms with Crippen LogP contribution in [0.1, 0.15) is 13.8 Å². The van der Waals surface area contributed by atoms with Crippen molar-refractivity contribution in [1.82, 2.24) is 16.1 Å². The van der Waals surface area contributed by atoms with Crippen LogP contribution in [0.2, 0.25) is 0 Å². The van der Waals surface area contributed by atoms with E-state index in [1.807, 2.05) is 23.2 Å². The summed E-state index contributed by atoms with van der Waals surface area (Å²) in [6.07, 6.45) is 2.11. The van der Waals surface area contributed by atoms with Crippen molar-refractivity contribution >= 4 is 24.1 Å². The van der Waals surface area contributed by atoms with Crippen LogP contribution in [0.5, 0.6) is 0 Å². The van der Waals surface area contributed by atoms with Gasteiger partial charge in [-0.3, -0.25) is 10.0 Å². The normalized spacial score (nSPS) is 24.6. The van der Waals surface area contributed by atoms with E-state index in [-0.39, 0.29) is 18.1 Å². The second-order valence-electron chi connectivity index (χ2n) is 5.04. The zero-order valence-corrected chi connectivity index (χ0v) is 12.5. The molecule has 2 heterocycles. The van der Waals surface area contributed by atoms with Gasteiger partial charge in [0.05, 0.1) is 12.2 Å². The fraction of sp³-hybridized carbons (Fsp3) is 0.357. The van der Waals surface area contributed by atoms with Crippen LogP contribution < -0.4 is 21.1 Å². The van der Waals surface area contributed by atoms with Crippen molar-refractivity contribution in [3.63, 3.8) is 0 Å². The van der Waals surface area contributed by atoms with Crippen LogP contribution in [0.15, 0.2) is 47.1 Å². The lowest BCUT2D eigenvalue weighted by Crippen LogP contribution is -2.59. The van der Waals surface area contributed by atoms with E-state index in [9.17, 15) is 0 Å². The predicted octanol–water partition coefficient (Wildman–Crippen LogP) is 1.60. The lowest BCUT2D eigenvalue weighted by Gasteiger charge is -2.31. The van der Waals surface area contributed by atoms with Crippen molar-refractivity contribution in [2.45, 2.75) is 19.5 Å². The summed E-state index contributed by atoms with van der Waals surface area (Å²) in [6.45, 7) is 5.97. The van der Waals surface area contributed by atoms with Gasteiger partial charge < -0.3 is 10.6 Å². The van der Waals surface area contributed by atoms with Crippen LogP contribution in [-0.4, -0.2) is 24.7 Å². The third-order valence-electron chi connectivity index (χ3n) is 3.53. The number of halogens is 1. The molecule has 1 aromatic carbocycles. The molecule has 1 atom stereocenters. The Labute approximate surface area is 125 Å². The third-order valence-corrected chi connectivity index (χ3v) is 3.53. The smallest absolute Gasteiger partial charge is 0.193 e. The van der Waals surface area contributed by atoms with Gasteiger partial charge in [0.15, 0.2) is 5.96 Å². The van der Waals surface area contributed by atoms with E-state index in [1.165, 1.54) is 5.57 Å². The highest BCUT2D eigenvalue weighted by atomic mass is 35.5. The maximum absolute atomic E-state index is 4.39. The van der Waals surface area contributed by atoms with Gasteiger partial charge in [-0.15, -0.1) is 12.4 Å². The number of guanidine groups is 1. The molecule has 1 aromatic rings. The highest BCUT2D eigenvalue weighted by Crippen LogP contribution is 2.25. The standard InChI is InChI=1S/C14H19N5.ClH/c1-11-10-19(12-6-4-3-5-7-12)18-14(11,2)17-13-15-8-9-16-13;/h3-7,10,18H,8-9H2,1-2H3,(H2,15,16,17);1H. The number of rotatable bonds is 2. The molecule has 0 spiro atoms. The van der Waals surface area contributed by atoms with Crippen LogP contribution >= 0.6 is 12.4 Å². The molecule has 6 heteroatoms. The van der Waals surface area contributed by atoms with Gasteiger partial charge in [-0.1, -0.05) is 18.2 Å². The second kappa shape index (κ2) is 5.73. The topological polar surface area (TPSA) is 51.7 Å². The zero-order valence-electron chi connectivity index (χ0n) is 11.7. The molecule has 5 nitrogen and oxygen atoms in total. The maximum Gasteiger partial charge on any atom is 0.193 e. The minimum Gasteiger partial charge on any atom is -0.354 e. The molecule has 0 bridgehead atoms. The molecule has 2 aliphatic rings. The summed E-state index contributed by atoms with van der Waals surface area (Å²) >= 11 is 0. The minimum absolute atomic E-state index is 0. The summed E-state index contributed by atoms with van der Waals surface area (Å²) in [5, 5.41) is 8.70. The first-order valence-electron chi connectivity index (χ1n) is 6.55. The van der Waals surface area contributed by atoms with Crippen molar-refractivity contribution < 1.29 is 0 Å². The van der Waals surface area contributed by atoms with E-state index in [0.717, 1.165) is 24.7 Å². The number of anilines is 1. The Morgan fingerprint density at radius 2 is 2.05 bits per heavy atom. The predicted molar refractivity (Wildman–Crippen MR) is 84.9 cm³/mol. The van der Waals surface area contributed by atoms with Crippen LogP contribution in [0.25, 0.3) is 0 Å². The fourth-order valence-electron chi connectivity index (χ4n) is 2.26. The molecule has 0 amide bonds. The molecule has 0 saturated carbocycles. The zero-order chi connectivity index (χ0) is 13.3. The average molecular weight is 294 g/mol. The van der Waals surface area contributed by atoms with Gasteiger partial charge in [0.2, 0.25) is 0 Å². The van der Waals surface area contributed by atoms with Gasteiger partial charge in [0.25, 0.3) is 0 Å². The Balaban J connectivity index is 0.00000147. The van der Waals surface area contributed by atoms with Crippen LogP contribution in [-0.2, 0) is 0 Å². The van der Waals surface area contributed by atoms with Gasteiger partial charge in [0.1, 0.15) is 5.66 Å². The van der Waals surface area contributed by atoms with Gasteiger partial charge in [0, 0.05) is 12.7 Å². The Bertz CT molecular complexity index is 528. The fourth-order valence-corrected chi connectivity index (χ4v) is 2.26. The van der Waals surface area contributed by atoms with Crippen molar-refractivity contribution in [3.05, 3.63) is 42.1 Å². The second-order valence-corrected chi connectivity index (χ2v) is 5.04. The number of benzene rings is 1. The summed E-state index contributed by atoms with van der Waals surface area (Å²) in [7, 11) is 0. The molecule has 1 unspecified atom stereocenters. The molecule has 20 heavy (non-hydrogen) atoms. The number of hydrogen-bond donors (Lipinski definition) is 3. The SMILES string of the molecule is CC1=CN(c2ccccc2)NC1(C)NC1=NCCN1.Cl. The van der Waals surface area contributed by atoms with Gasteiger partial charge >= 0.3 is 0 Å². The summed E-state index contributed by atoms with van der Waals surface area (Å²) in [5.74, 6) is 0.859. The van der Waals surface area contributed by atoms with E-state index in [4.69, 9.17) is 0 Å². The van der Waals surface area contributed by atoms with E-state index in [1.54, 1.807) is 0 Å². The van der Waals surface area contributed by atoms with E-state index < -0.39 is 0 Å². The van der Waals surface area contributed by atoms with Crippen molar-refractivity contribution in [3.8, 4) is 0 Å². The highest BCUT2D eigenvalue weighted by Gasteiger charge is 2.35. The molecule has 3 N–H and O–H groups in total. The van der Waals surface area contributed by atoms with E-state index >= 15 is 0 Å². The molecular formula is C14H20ClN5. The monoisotopic (exact) mass is 293 g/mol. The molecular weight excluding hydrogens is 274 g/mol. The number of para-hydroxylation sites is 1. The first-order valence-corrected chi connectivity index (χ1v) is 6.55. The Morgan fingerprint density at radius 3 is 2.70 bits per heavy atom. The lowest BCUT2D eigenvalue weighted by atomic mass is 10.1. The third kappa shape index (κ3) is 2.73. The average Bonchev–Trinajstić information content (AvgIpc) is 3.00. The molecule has 0 fully saturated rings. The Morgan fingerprint density at radius 1 is 1.30 bits per heavy atom. The first kappa shape index (κ1) is 14.7. The first-order chi connectivity index (χ1) is 9.17. The van der Waals surface area contributed by atoms with Gasteiger partial charge in [-0.2, -0.15) is 0 Å². The number of nitrogens with zero attached hydrogens (tertiary/aromatic N) is 2. The largest absolute Gasteiger partial charge is 0.354 e. The Kier molecular flexibility index (Phi) is 4.20. The van der Waals surface area contributed by atoms with Crippen molar-refractivity contribution in [1.29, 1.82) is 0 Å². The molecule has 0 saturated heterocycles. The highest BCUT2D eigenvalue weighted by molar-refractivity contribution is 5.85. The van der Waals surface area contributed by atoms with Gasteiger partial charge in [-0.05, 0) is 31.6 Å². The molecule has 0 radical (unpaired) electrons. The van der Waals surface area contributed by atoms with E-state index in [2.05, 4.69) is 53.2 Å². The molecule has 108 valence electrons. The van der Waals surface area contributed by atoms with Crippen LogP contribution in [0.4, 0.5) is 5.69 Å². The van der Waals surface area contributed by atoms with E-state index in [0.29, 0.717) is 0 Å². The maximum atomic E-state index is 4.39. The Hall–Kier alpha value is -1.72. The summed E-state index contributed by atoms with van der Waals surface area (Å²) in [5.41, 5.74) is 5.49.